The quantitative estimate of drug-likeness (QED) is 0.464. The maximum Gasteiger partial charge on any atom is 0.164 e. The van der Waals surface area contributed by atoms with E-state index in [2.05, 4.69) is 28.9 Å². The van der Waals surface area contributed by atoms with Gasteiger partial charge in [0, 0.05) is 21.2 Å². The first-order valence-electron chi connectivity index (χ1n) is 8.62. The summed E-state index contributed by atoms with van der Waals surface area (Å²) in [6.07, 6.45) is 7.09. The molecule has 0 amide bonds. The fourth-order valence-corrected chi connectivity index (χ4v) is 3.01. The summed E-state index contributed by atoms with van der Waals surface area (Å²) in [5.74, 6) is 2.03. The number of rotatable bonds is 5. The van der Waals surface area contributed by atoms with E-state index in [1.54, 1.807) is 0 Å². The van der Waals surface area contributed by atoms with Crippen LogP contribution in [-0.4, -0.2) is 15.0 Å². The van der Waals surface area contributed by atoms with E-state index in [9.17, 15) is 0 Å². The lowest BCUT2D eigenvalue weighted by Gasteiger charge is -2.09. The van der Waals surface area contributed by atoms with Crippen molar-refractivity contribution in [3.63, 3.8) is 0 Å². The van der Waals surface area contributed by atoms with Crippen molar-refractivity contribution in [2.45, 2.75) is 20.3 Å². The van der Waals surface area contributed by atoms with Crippen LogP contribution in [-0.2, 0) is 0 Å². The molecule has 1 heterocycles. The topological polar surface area (TPSA) is 38.7 Å². The average molecular weight is 406 g/mol. The van der Waals surface area contributed by atoms with Gasteiger partial charge in [-0.3, -0.25) is 0 Å². The van der Waals surface area contributed by atoms with Crippen LogP contribution in [0.3, 0.4) is 0 Å². The van der Waals surface area contributed by atoms with Crippen molar-refractivity contribution in [1.82, 2.24) is 15.0 Å². The summed E-state index contributed by atoms with van der Waals surface area (Å²) in [4.78, 5) is 14.2. The van der Waals surface area contributed by atoms with Gasteiger partial charge in [0.1, 0.15) is 0 Å². The molecule has 1 aromatic heterocycles. The predicted molar refractivity (Wildman–Crippen MR) is 111 cm³/mol. The molecule has 0 bridgehead atoms. The first-order valence-corrected chi connectivity index (χ1v) is 9.41. The van der Waals surface area contributed by atoms with Crippen LogP contribution in [0.15, 0.2) is 77.3 Å². The van der Waals surface area contributed by atoms with E-state index < -0.39 is 0 Å². The molecule has 26 heavy (non-hydrogen) atoms. The number of allylic oxidation sites excluding steroid dienone is 4. The predicted octanol–water partition coefficient (Wildman–Crippen LogP) is 6.34. The molecule has 0 aliphatic carbocycles. The summed E-state index contributed by atoms with van der Waals surface area (Å²) in [7, 11) is 0. The van der Waals surface area contributed by atoms with Crippen molar-refractivity contribution in [3.05, 3.63) is 83.1 Å². The Labute approximate surface area is 162 Å². The van der Waals surface area contributed by atoms with E-state index in [1.165, 1.54) is 0 Å². The lowest BCUT2D eigenvalue weighted by molar-refractivity contribution is 1.03. The van der Waals surface area contributed by atoms with Crippen molar-refractivity contribution >= 4 is 21.5 Å². The second-order valence-electron chi connectivity index (χ2n) is 5.75. The third-order valence-corrected chi connectivity index (χ3v) is 4.27. The van der Waals surface area contributed by atoms with Gasteiger partial charge in [0.05, 0.1) is 0 Å². The van der Waals surface area contributed by atoms with Crippen LogP contribution in [0.2, 0.25) is 0 Å². The Morgan fingerprint density at radius 2 is 1.62 bits per heavy atom. The molecule has 2 aromatic carbocycles. The van der Waals surface area contributed by atoms with Crippen LogP contribution in [0.25, 0.3) is 28.3 Å². The summed E-state index contributed by atoms with van der Waals surface area (Å²) < 4.78 is 0.996. The zero-order valence-electron chi connectivity index (χ0n) is 14.9. The molecule has 0 fully saturated rings. The molecule has 0 atom stereocenters. The molecule has 0 N–H and O–H groups in total. The van der Waals surface area contributed by atoms with Gasteiger partial charge in [-0.15, -0.1) is 0 Å². The van der Waals surface area contributed by atoms with Crippen molar-refractivity contribution in [2.75, 3.05) is 0 Å². The molecule has 0 saturated heterocycles. The lowest BCUT2D eigenvalue weighted by atomic mass is 10.1. The smallest absolute Gasteiger partial charge is 0.164 e. The number of hydrogen-bond acceptors (Lipinski definition) is 3. The van der Waals surface area contributed by atoms with E-state index in [1.807, 2.05) is 73.7 Å². The highest BCUT2D eigenvalue weighted by Gasteiger charge is 2.12. The Morgan fingerprint density at radius 3 is 2.27 bits per heavy atom. The molecule has 0 aliphatic heterocycles. The minimum Gasteiger partial charge on any atom is -0.208 e. The van der Waals surface area contributed by atoms with Crippen LogP contribution in [0, 0.1) is 0 Å². The number of nitrogens with zero attached hydrogens (tertiary/aromatic N) is 3. The largest absolute Gasteiger partial charge is 0.208 e. The van der Waals surface area contributed by atoms with Gasteiger partial charge in [0.2, 0.25) is 0 Å². The fourth-order valence-electron chi connectivity index (χ4n) is 2.61. The standard InChI is InChI=1S/C22H20BrN3/c1-3-9-16(10-4-2)20-24-21(17-11-6-5-7-12-17)26-22(25-20)18-13-8-14-19(23)15-18/h3,5-15H,4H2,1-2H3/b9-3-,16-10+. The minimum absolute atomic E-state index is 0.668. The number of aromatic nitrogens is 3. The van der Waals surface area contributed by atoms with Crippen LogP contribution in [0.4, 0.5) is 0 Å². The van der Waals surface area contributed by atoms with Crippen LogP contribution < -0.4 is 0 Å². The Morgan fingerprint density at radius 1 is 0.923 bits per heavy atom. The van der Waals surface area contributed by atoms with Crippen LogP contribution in [0.5, 0.6) is 0 Å². The molecule has 3 rings (SSSR count). The van der Waals surface area contributed by atoms with Gasteiger partial charge in [-0.2, -0.15) is 0 Å². The number of halogens is 1. The van der Waals surface area contributed by atoms with Crippen LogP contribution in [0.1, 0.15) is 26.1 Å². The van der Waals surface area contributed by atoms with Crippen LogP contribution >= 0.6 is 15.9 Å². The van der Waals surface area contributed by atoms with Gasteiger partial charge in [-0.25, -0.2) is 15.0 Å². The Hall–Kier alpha value is -2.59. The second kappa shape index (κ2) is 8.68. The molecule has 130 valence electrons. The van der Waals surface area contributed by atoms with E-state index in [-0.39, 0.29) is 0 Å². The molecule has 4 heteroatoms. The summed E-state index contributed by atoms with van der Waals surface area (Å²) >= 11 is 3.53. The molecular weight excluding hydrogens is 386 g/mol. The monoisotopic (exact) mass is 405 g/mol. The SMILES string of the molecule is C/C=C\C(=C/CC)c1nc(-c2ccccc2)nc(-c2cccc(Br)c2)n1. The highest BCUT2D eigenvalue weighted by molar-refractivity contribution is 9.10. The minimum atomic E-state index is 0.668. The zero-order valence-corrected chi connectivity index (χ0v) is 16.4. The molecule has 3 nitrogen and oxygen atoms in total. The maximum absolute atomic E-state index is 4.75. The first-order chi connectivity index (χ1) is 12.7. The highest BCUT2D eigenvalue weighted by Crippen LogP contribution is 2.25. The summed E-state index contributed by atoms with van der Waals surface area (Å²) in [5, 5.41) is 0. The maximum atomic E-state index is 4.75. The number of benzene rings is 2. The van der Waals surface area contributed by atoms with Crippen molar-refractivity contribution < 1.29 is 0 Å². The molecule has 3 aromatic rings. The molecule has 0 radical (unpaired) electrons. The average Bonchev–Trinajstić information content (AvgIpc) is 2.68. The third-order valence-electron chi connectivity index (χ3n) is 3.78. The first kappa shape index (κ1) is 18.2. The summed E-state index contributed by atoms with van der Waals surface area (Å²) in [5.41, 5.74) is 2.94. The van der Waals surface area contributed by atoms with E-state index in [4.69, 9.17) is 15.0 Å². The van der Waals surface area contributed by atoms with Gasteiger partial charge < -0.3 is 0 Å². The van der Waals surface area contributed by atoms with Gasteiger partial charge in [0.25, 0.3) is 0 Å². The van der Waals surface area contributed by atoms with Gasteiger partial charge in [-0.05, 0) is 25.5 Å². The number of hydrogen-bond donors (Lipinski definition) is 0. The molecule has 0 unspecified atom stereocenters. The highest BCUT2D eigenvalue weighted by atomic mass is 79.9. The summed E-state index contributed by atoms with van der Waals surface area (Å²) in [6.45, 7) is 4.11. The fraction of sp³-hybridized carbons (Fsp3) is 0.136. The second-order valence-corrected chi connectivity index (χ2v) is 6.67. The Kier molecular flexibility index (Phi) is 6.08. The zero-order chi connectivity index (χ0) is 18.4. The summed E-state index contributed by atoms with van der Waals surface area (Å²) in [6, 6.07) is 18.0. The van der Waals surface area contributed by atoms with Crippen molar-refractivity contribution in [3.8, 4) is 22.8 Å². The van der Waals surface area contributed by atoms with Crippen molar-refractivity contribution in [2.24, 2.45) is 0 Å². The van der Waals surface area contributed by atoms with Gasteiger partial charge in [-0.1, -0.05) is 83.5 Å². The van der Waals surface area contributed by atoms with Gasteiger partial charge in [0.15, 0.2) is 17.5 Å². The van der Waals surface area contributed by atoms with E-state index >= 15 is 0 Å². The molecule has 0 aliphatic rings. The van der Waals surface area contributed by atoms with Crippen molar-refractivity contribution in [1.29, 1.82) is 0 Å². The van der Waals surface area contributed by atoms with E-state index in [0.717, 1.165) is 27.6 Å². The Bertz CT molecular complexity index is 947. The Balaban J connectivity index is 2.21. The third kappa shape index (κ3) is 4.33. The molecule has 0 spiro atoms. The van der Waals surface area contributed by atoms with Gasteiger partial charge >= 0.3 is 0 Å². The molecule has 0 saturated carbocycles. The van der Waals surface area contributed by atoms with E-state index in [0.29, 0.717) is 17.5 Å². The molecular formula is C22H20BrN3. The normalized spacial score (nSPS) is 11.9. The lowest BCUT2D eigenvalue weighted by Crippen LogP contribution is -2.02.